The summed E-state index contributed by atoms with van der Waals surface area (Å²) in [7, 11) is 0. The van der Waals surface area contributed by atoms with Crippen LogP contribution in [0.15, 0.2) is 34.8 Å². The van der Waals surface area contributed by atoms with Gasteiger partial charge in [-0.2, -0.15) is 0 Å². The van der Waals surface area contributed by atoms with E-state index in [0.717, 1.165) is 0 Å². The first kappa shape index (κ1) is 12.3. The number of phenols is 1. The van der Waals surface area contributed by atoms with E-state index in [0.29, 0.717) is 22.5 Å². The van der Waals surface area contributed by atoms with Crippen molar-refractivity contribution in [2.45, 2.75) is 6.17 Å². The number of anilines is 2. The molecule has 0 bridgehead atoms. The van der Waals surface area contributed by atoms with Crippen LogP contribution in [-0.4, -0.2) is 11.3 Å². The van der Waals surface area contributed by atoms with E-state index in [4.69, 9.17) is 15.9 Å². The highest BCUT2D eigenvalue weighted by atomic mass is 19.1. The van der Waals surface area contributed by atoms with Crippen LogP contribution in [-0.2, 0) is 0 Å². The van der Waals surface area contributed by atoms with Crippen molar-refractivity contribution in [3.63, 3.8) is 0 Å². The first-order valence-corrected chi connectivity index (χ1v) is 6.08. The second-order valence-electron chi connectivity index (χ2n) is 4.54. The number of nitrogen functional groups attached to an aromatic ring is 2. The summed E-state index contributed by atoms with van der Waals surface area (Å²) < 4.78 is 19.4. The Morgan fingerprint density at radius 1 is 1.25 bits per heavy atom. The Morgan fingerprint density at radius 3 is 2.75 bits per heavy atom. The molecule has 3 rings (SSSR count). The van der Waals surface area contributed by atoms with Gasteiger partial charge in [0.25, 0.3) is 0 Å². The van der Waals surface area contributed by atoms with Crippen LogP contribution in [0.5, 0.6) is 5.75 Å². The van der Waals surface area contributed by atoms with Crippen LogP contribution in [0.3, 0.4) is 0 Å². The standard InChI is InChI=1S/C15H13FN2O2/c16-10-5-6-12-13(14(17)15(18)20-12)9(10)7-8-3-1-2-4-11(8)19/h1-7,10,19H,17-18H2. The van der Waals surface area contributed by atoms with E-state index in [2.05, 4.69) is 0 Å². The highest BCUT2D eigenvalue weighted by Crippen LogP contribution is 2.41. The van der Waals surface area contributed by atoms with Crippen molar-refractivity contribution in [3.05, 3.63) is 47.2 Å². The van der Waals surface area contributed by atoms with E-state index in [-0.39, 0.29) is 17.3 Å². The van der Waals surface area contributed by atoms with E-state index in [1.54, 1.807) is 24.3 Å². The van der Waals surface area contributed by atoms with Gasteiger partial charge >= 0.3 is 0 Å². The predicted molar refractivity (Wildman–Crippen MR) is 77.4 cm³/mol. The number of furan rings is 1. The average molecular weight is 272 g/mol. The molecule has 102 valence electrons. The number of para-hydroxylation sites is 1. The number of phenolic OH excluding ortho intramolecular Hbond substituents is 1. The summed E-state index contributed by atoms with van der Waals surface area (Å²) in [6, 6.07) is 6.67. The number of fused-ring (bicyclic) bond motifs is 1. The second kappa shape index (κ2) is 4.45. The van der Waals surface area contributed by atoms with Gasteiger partial charge in [0.1, 0.15) is 23.4 Å². The van der Waals surface area contributed by atoms with E-state index < -0.39 is 6.17 Å². The lowest BCUT2D eigenvalue weighted by molar-refractivity contribution is 0.472. The summed E-state index contributed by atoms with van der Waals surface area (Å²) >= 11 is 0. The van der Waals surface area contributed by atoms with Gasteiger partial charge in [-0.3, -0.25) is 0 Å². The van der Waals surface area contributed by atoms with Crippen molar-refractivity contribution >= 4 is 29.3 Å². The van der Waals surface area contributed by atoms with E-state index in [9.17, 15) is 9.50 Å². The number of allylic oxidation sites excluding steroid dienone is 2. The molecule has 1 aromatic heterocycles. The zero-order valence-corrected chi connectivity index (χ0v) is 10.5. The Balaban J connectivity index is 2.19. The third kappa shape index (κ3) is 1.84. The van der Waals surface area contributed by atoms with Crippen LogP contribution in [0.4, 0.5) is 16.0 Å². The van der Waals surface area contributed by atoms with Gasteiger partial charge in [-0.05, 0) is 24.3 Å². The van der Waals surface area contributed by atoms with Crippen LogP contribution in [0.1, 0.15) is 16.9 Å². The third-order valence-corrected chi connectivity index (χ3v) is 3.25. The Bertz CT molecular complexity index is 731. The van der Waals surface area contributed by atoms with Gasteiger partial charge in [-0.15, -0.1) is 0 Å². The van der Waals surface area contributed by atoms with Gasteiger partial charge in [0, 0.05) is 11.1 Å². The summed E-state index contributed by atoms with van der Waals surface area (Å²) in [5.41, 5.74) is 13.0. The van der Waals surface area contributed by atoms with Gasteiger partial charge in [0.05, 0.1) is 5.56 Å². The van der Waals surface area contributed by atoms with Gasteiger partial charge in [0.2, 0.25) is 5.88 Å². The molecule has 4 nitrogen and oxygen atoms in total. The van der Waals surface area contributed by atoms with Gasteiger partial charge < -0.3 is 21.0 Å². The van der Waals surface area contributed by atoms with Crippen molar-refractivity contribution in [2.75, 3.05) is 11.5 Å². The first-order chi connectivity index (χ1) is 9.58. The van der Waals surface area contributed by atoms with Crippen LogP contribution in [0.2, 0.25) is 0 Å². The number of halogens is 1. The van der Waals surface area contributed by atoms with Gasteiger partial charge in [0.15, 0.2) is 0 Å². The first-order valence-electron chi connectivity index (χ1n) is 6.08. The number of hydrogen-bond donors (Lipinski definition) is 3. The zero-order valence-electron chi connectivity index (χ0n) is 10.5. The molecule has 2 aromatic rings. The average Bonchev–Trinajstić information content (AvgIpc) is 2.71. The fourth-order valence-corrected chi connectivity index (χ4v) is 2.24. The van der Waals surface area contributed by atoms with E-state index in [1.807, 2.05) is 0 Å². The maximum atomic E-state index is 14.2. The molecule has 0 amide bonds. The van der Waals surface area contributed by atoms with Crippen molar-refractivity contribution in [1.82, 2.24) is 0 Å². The predicted octanol–water partition coefficient (Wildman–Crippen LogP) is 3.06. The topological polar surface area (TPSA) is 85.4 Å². The normalized spacial score (nSPS) is 19.2. The highest BCUT2D eigenvalue weighted by Gasteiger charge is 2.26. The molecule has 0 fully saturated rings. The lowest BCUT2D eigenvalue weighted by atomic mass is 9.93. The van der Waals surface area contributed by atoms with Crippen LogP contribution in [0.25, 0.3) is 17.7 Å². The summed E-state index contributed by atoms with van der Waals surface area (Å²) in [6.07, 6.45) is 3.08. The van der Waals surface area contributed by atoms with Crippen molar-refractivity contribution in [2.24, 2.45) is 0 Å². The zero-order chi connectivity index (χ0) is 14.3. The quantitative estimate of drug-likeness (QED) is 0.744. The minimum Gasteiger partial charge on any atom is -0.507 e. The summed E-state index contributed by atoms with van der Waals surface area (Å²) in [4.78, 5) is 0. The molecule has 1 aromatic carbocycles. The Labute approximate surface area is 114 Å². The van der Waals surface area contributed by atoms with Crippen molar-refractivity contribution in [3.8, 4) is 5.75 Å². The van der Waals surface area contributed by atoms with Crippen LogP contribution >= 0.6 is 0 Å². The summed E-state index contributed by atoms with van der Waals surface area (Å²) in [5, 5.41) is 9.79. The maximum Gasteiger partial charge on any atom is 0.214 e. The highest BCUT2D eigenvalue weighted by molar-refractivity contribution is 5.97. The lowest BCUT2D eigenvalue weighted by Crippen LogP contribution is -2.06. The monoisotopic (exact) mass is 272 g/mol. The summed E-state index contributed by atoms with van der Waals surface area (Å²) in [6.45, 7) is 0. The summed E-state index contributed by atoms with van der Waals surface area (Å²) in [5.74, 6) is 0.561. The number of hydrogen-bond acceptors (Lipinski definition) is 4. The van der Waals surface area contributed by atoms with Crippen LogP contribution in [0, 0.1) is 0 Å². The molecular weight excluding hydrogens is 259 g/mol. The maximum absolute atomic E-state index is 14.2. The molecule has 1 unspecified atom stereocenters. The molecule has 1 heterocycles. The lowest BCUT2D eigenvalue weighted by Gasteiger charge is -2.14. The number of nitrogens with two attached hydrogens (primary N) is 2. The smallest absolute Gasteiger partial charge is 0.214 e. The van der Waals surface area contributed by atoms with Gasteiger partial charge in [-0.1, -0.05) is 18.2 Å². The number of rotatable bonds is 1. The molecule has 20 heavy (non-hydrogen) atoms. The molecule has 0 radical (unpaired) electrons. The third-order valence-electron chi connectivity index (χ3n) is 3.25. The van der Waals surface area contributed by atoms with Crippen molar-refractivity contribution in [1.29, 1.82) is 0 Å². The molecule has 0 saturated carbocycles. The molecule has 1 atom stereocenters. The van der Waals surface area contributed by atoms with Crippen molar-refractivity contribution < 1.29 is 13.9 Å². The Kier molecular flexibility index (Phi) is 2.75. The molecule has 1 aliphatic carbocycles. The molecule has 5 N–H and O–H groups in total. The largest absolute Gasteiger partial charge is 0.507 e. The molecule has 0 spiro atoms. The molecule has 1 aliphatic rings. The fourth-order valence-electron chi connectivity index (χ4n) is 2.24. The molecule has 5 heteroatoms. The SMILES string of the molecule is Nc1oc2c(c1N)C(=Cc1ccccc1O)C(F)C=C2. The van der Waals surface area contributed by atoms with Gasteiger partial charge in [-0.25, -0.2) is 4.39 Å². The second-order valence-corrected chi connectivity index (χ2v) is 4.54. The van der Waals surface area contributed by atoms with E-state index >= 15 is 0 Å². The number of alkyl halides is 1. The van der Waals surface area contributed by atoms with Crippen LogP contribution < -0.4 is 11.5 Å². The number of aromatic hydroxyl groups is 1. The number of benzene rings is 1. The molecular formula is C15H13FN2O2. The Hall–Kier alpha value is -2.69. The fraction of sp³-hybridized carbons (Fsp3) is 0.0667. The molecule has 0 saturated heterocycles. The molecule has 0 aliphatic heterocycles. The minimum atomic E-state index is -1.33. The van der Waals surface area contributed by atoms with E-state index in [1.165, 1.54) is 18.2 Å². The minimum absolute atomic E-state index is 0.0666. The Morgan fingerprint density at radius 2 is 2.00 bits per heavy atom.